The van der Waals surface area contributed by atoms with E-state index in [1.54, 1.807) is 0 Å². The number of thioether (sulfide) groups is 2. The summed E-state index contributed by atoms with van der Waals surface area (Å²) < 4.78 is 2.68. The molecule has 2 atom stereocenters. The lowest BCUT2D eigenvalue weighted by molar-refractivity contribution is 0.545. The molecule has 1 saturated heterocycles. The van der Waals surface area contributed by atoms with Crippen molar-refractivity contribution in [3.8, 4) is 0 Å². The maximum Gasteiger partial charge on any atom is 0.0946 e. The lowest BCUT2D eigenvalue weighted by Gasteiger charge is -2.28. The van der Waals surface area contributed by atoms with Crippen molar-refractivity contribution < 1.29 is 0 Å². The summed E-state index contributed by atoms with van der Waals surface area (Å²) >= 11 is 4.49. The number of unbranched alkanes of at least 4 members (excludes halogenated alkanes) is 4. The normalized spacial score (nSPS) is 25.5. The SMILES string of the molecule is CCCCCCC1(Cn2ccnc2)SCC(CCCC)S1. The lowest BCUT2D eigenvalue weighted by Crippen LogP contribution is -2.24. The highest BCUT2D eigenvalue weighted by Gasteiger charge is 2.40. The van der Waals surface area contributed by atoms with Crippen molar-refractivity contribution in [2.24, 2.45) is 0 Å². The van der Waals surface area contributed by atoms with Crippen molar-refractivity contribution in [1.82, 2.24) is 9.55 Å². The van der Waals surface area contributed by atoms with Gasteiger partial charge in [-0.2, -0.15) is 0 Å². The van der Waals surface area contributed by atoms with Crippen LogP contribution in [0.5, 0.6) is 0 Å². The van der Waals surface area contributed by atoms with Gasteiger partial charge in [0, 0.05) is 29.9 Å². The summed E-state index contributed by atoms with van der Waals surface area (Å²) in [7, 11) is 0. The van der Waals surface area contributed by atoms with Gasteiger partial charge in [0.1, 0.15) is 0 Å². The third-order valence-electron chi connectivity index (χ3n) is 4.19. The van der Waals surface area contributed by atoms with Gasteiger partial charge in [-0.25, -0.2) is 4.98 Å². The molecule has 1 aliphatic rings. The molecule has 2 rings (SSSR count). The quantitative estimate of drug-likeness (QED) is 0.522. The van der Waals surface area contributed by atoms with Crippen LogP contribution in [-0.2, 0) is 6.54 Å². The van der Waals surface area contributed by atoms with E-state index in [0.29, 0.717) is 4.08 Å². The van der Waals surface area contributed by atoms with E-state index < -0.39 is 0 Å². The van der Waals surface area contributed by atoms with Crippen LogP contribution in [0.3, 0.4) is 0 Å². The Labute approximate surface area is 138 Å². The molecule has 0 saturated carbocycles. The average Bonchev–Trinajstić information content (AvgIpc) is 3.12. The van der Waals surface area contributed by atoms with Gasteiger partial charge in [0.05, 0.1) is 10.4 Å². The van der Waals surface area contributed by atoms with Crippen LogP contribution >= 0.6 is 23.5 Å². The van der Waals surface area contributed by atoms with Crippen LogP contribution < -0.4 is 0 Å². The summed E-state index contributed by atoms with van der Waals surface area (Å²) in [6.45, 7) is 5.72. The first-order valence-electron chi connectivity index (χ1n) is 8.55. The first-order valence-corrected chi connectivity index (χ1v) is 10.4. The van der Waals surface area contributed by atoms with Crippen LogP contribution in [0.1, 0.15) is 65.2 Å². The van der Waals surface area contributed by atoms with Gasteiger partial charge in [-0.3, -0.25) is 0 Å². The molecule has 1 aromatic rings. The largest absolute Gasteiger partial charge is 0.335 e. The minimum atomic E-state index is 0.396. The van der Waals surface area contributed by atoms with Gasteiger partial charge in [0.2, 0.25) is 0 Å². The van der Waals surface area contributed by atoms with Gasteiger partial charge >= 0.3 is 0 Å². The Hall–Kier alpha value is -0.0900. The molecule has 0 bridgehead atoms. The molecule has 0 spiro atoms. The zero-order valence-corrected chi connectivity index (χ0v) is 15.2. The maximum absolute atomic E-state index is 4.22. The zero-order chi connectivity index (χ0) is 15.0. The fourth-order valence-electron chi connectivity index (χ4n) is 2.96. The minimum Gasteiger partial charge on any atom is -0.335 e. The van der Waals surface area contributed by atoms with Crippen LogP contribution in [0.2, 0.25) is 0 Å². The van der Waals surface area contributed by atoms with Gasteiger partial charge < -0.3 is 4.57 Å². The first kappa shape index (κ1) is 17.3. The Bertz CT molecular complexity index is 380. The second kappa shape index (κ2) is 9.14. The molecule has 21 heavy (non-hydrogen) atoms. The topological polar surface area (TPSA) is 17.8 Å². The molecule has 2 heterocycles. The van der Waals surface area contributed by atoms with E-state index >= 15 is 0 Å². The van der Waals surface area contributed by atoms with E-state index in [1.807, 2.05) is 12.5 Å². The first-order chi connectivity index (χ1) is 10.3. The summed E-state index contributed by atoms with van der Waals surface area (Å²) in [6.07, 6.45) is 16.9. The van der Waals surface area contributed by atoms with Crippen molar-refractivity contribution in [1.29, 1.82) is 0 Å². The Balaban J connectivity index is 1.91. The van der Waals surface area contributed by atoms with Crippen molar-refractivity contribution in [3.05, 3.63) is 18.7 Å². The molecular weight excluding hydrogens is 296 g/mol. The number of nitrogens with zero attached hydrogens (tertiary/aromatic N) is 2. The summed E-state index contributed by atoms with van der Waals surface area (Å²) in [4.78, 5) is 4.22. The molecule has 2 nitrogen and oxygen atoms in total. The number of aromatic nitrogens is 2. The van der Waals surface area contributed by atoms with Gasteiger partial charge in [-0.1, -0.05) is 52.4 Å². The van der Waals surface area contributed by atoms with Crippen LogP contribution in [0.15, 0.2) is 18.7 Å². The van der Waals surface area contributed by atoms with Crippen LogP contribution in [-0.4, -0.2) is 24.6 Å². The van der Waals surface area contributed by atoms with E-state index in [4.69, 9.17) is 0 Å². The van der Waals surface area contributed by atoms with Crippen molar-refractivity contribution in [2.45, 2.75) is 81.1 Å². The highest BCUT2D eigenvalue weighted by Crippen LogP contribution is 2.53. The predicted octanol–water partition coefficient (Wildman–Crippen LogP) is 5.59. The van der Waals surface area contributed by atoms with E-state index in [0.717, 1.165) is 11.8 Å². The maximum atomic E-state index is 4.22. The molecule has 4 heteroatoms. The van der Waals surface area contributed by atoms with Crippen molar-refractivity contribution in [3.63, 3.8) is 0 Å². The third kappa shape index (κ3) is 5.55. The van der Waals surface area contributed by atoms with Crippen LogP contribution in [0, 0.1) is 0 Å². The second-order valence-corrected chi connectivity index (χ2v) is 9.50. The van der Waals surface area contributed by atoms with Gasteiger partial charge in [0.15, 0.2) is 0 Å². The smallest absolute Gasteiger partial charge is 0.0946 e. The number of imidazole rings is 1. The second-order valence-electron chi connectivity index (χ2n) is 6.15. The fourth-order valence-corrected chi connectivity index (χ4v) is 6.89. The van der Waals surface area contributed by atoms with E-state index in [1.165, 1.54) is 57.1 Å². The number of rotatable bonds is 10. The average molecular weight is 327 g/mol. The van der Waals surface area contributed by atoms with Crippen molar-refractivity contribution >= 4 is 23.5 Å². The summed E-state index contributed by atoms with van der Waals surface area (Å²) in [5.74, 6) is 1.34. The Kier molecular flexibility index (Phi) is 7.51. The molecule has 120 valence electrons. The standard InChI is InChI=1S/C17H30N2S2/c1-3-5-7-8-10-17(14-19-12-11-18-15-19)20-13-16(21-17)9-6-4-2/h11-12,15-16H,3-10,13-14H2,1-2H3. The monoisotopic (exact) mass is 326 g/mol. The summed E-state index contributed by atoms with van der Waals surface area (Å²) in [6, 6.07) is 0. The Morgan fingerprint density at radius 3 is 2.76 bits per heavy atom. The molecule has 0 N–H and O–H groups in total. The molecule has 0 radical (unpaired) electrons. The third-order valence-corrected chi connectivity index (χ3v) is 7.97. The highest BCUT2D eigenvalue weighted by molar-refractivity contribution is 8.21. The highest BCUT2D eigenvalue weighted by atomic mass is 32.2. The molecule has 0 amide bonds. The molecule has 1 aromatic heterocycles. The number of hydrogen-bond acceptors (Lipinski definition) is 3. The predicted molar refractivity (Wildman–Crippen MR) is 97.1 cm³/mol. The molecule has 1 fully saturated rings. The van der Waals surface area contributed by atoms with E-state index in [9.17, 15) is 0 Å². The van der Waals surface area contributed by atoms with Gasteiger partial charge in [0.25, 0.3) is 0 Å². The van der Waals surface area contributed by atoms with E-state index in [2.05, 4.69) is 53.1 Å². The number of hydrogen-bond donors (Lipinski definition) is 0. The van der Waals surface area contributed by atoms with Gasteiger partial charge in [-0.05, 0) is 12.8 Å². The minimum absolute atomic E-state index is 0.396. The summed E-state index contributed by atoms with van der Waals surface area (Å²) in [5.41, 5.74) is 0. The molecular formula is C17H30N2S2. The Morgan fingerprint density at radius 1 is 1.19 bits per heavy atom. The van der Waals surface area contributed by atoms with E-state index in [-0.39, 0.29) is 0 Å². The lowest BCUT2D eigenvalue weighted by atomic mass is 10.1. The molecule has 0 aliphatic carbocycles. The Morgan fingerprint density at radius 2 is 2.05 bits per heavy atom. The fraction of sp³-hybridized carbons (Fsp3) is 0.824. The molecule has 1 aliphatic heterocycles. The van der Waals surface area contributed by atoms with Crippen LogP contribution in [0.4, 0.5) is 0 Å². The summed E-state index contributed by atoms with van der Waals surface area (Å²) in [5, 5.41) is 0.865. The van der Waals surface area contributed by atoms with Crippen LogP contribution in [0.25, 0.3) is 0 Å². The molecule has 2 unspecified atom stereocenters. The van der Waals surface area contributed by atoms with Gasteiger partial charge in [-0.15, -0.1) is 23.5 Å². The van der Waals surface area contributed by atoms with Crippen molar-refractivity contribution in [2.75, 3.05) is 5.75 Å². The zero-order valence-electron chi connectivity index (χ0n) is 13.6. The molecule has 0 aromatic carbocycles.